The van der Waals surface area contributed by atoms with Gasteiger partial charge in [-0.25, -0.2) is 0 Å². The van der Waals surface area contributed by atoms with Crippen LogP contribution in [0.5, 0.6) is 5.75 Å². The fraction of sp³-hybridized carbons (Fsp3) is 0.167. The van der Waals surface area contributed by atoms with Crippen molar-refractivity contribution in [1.82, 2.24) is 4.90 Å². The molecular formula is C12H11NO3S. The molecule has 0 spiro atoms. The highest BCUT2D eigenvalue weighted by molar-refractivity contribution is 8.04. The van der Waals surface area contributed by atoms with E-state index in [1.807, 2.05) is 24.3 Å². The number of nitrogens with zero attached hydrogens (tertiary/aromatic N) is 1. The van der Waals surface area contributed by atoms with E-state index in [0.717, 1.165) is 15.5 Å². The Morgan fingerprint density at radius 3 is 2.29 bits per heavy atom. The van der Waals surface area contributed by atoms with Gasteiger partial charge >= 0.3 is 0 Å². The Morgan fingerprint density at radius 1 is 1.18 bits per heavy atom. The molecule has 0 saturated heterocycles. The van der Waals surface area contributed by atoms with Gasteiger partial charge in [-0.3, -0.25) is 14.5 Å². The summed E-state index contributed by atoms with van der Waals surface area (Å²) in [6.07, 6.45) is 1.36. The lowest BCUT2D eigenvalue weighted by Gasteiger charge is -2.06. The Bertz CT molecular complexity index is 493. The quantitative estimate of drug-likeness (QED) is 0.764. The fourth-order valence-electron chi connectivity index (χ4n) is 1.38. The standard InChI is InChI=1S/C12H11NO3S/c1-13-11(14)7-10(12(13)15)17-9-5-3-8(16-2)4-6-9/h3-7H,1-2H3. The fourth-order valence-corrected chi connectivity index (χ4v) is 2.29. The highest BCUT2D eigenvalue weighted by Gasteiger charge is 2.28. The van der Waals surface area contributed by atoms with Crippen molar-refractivity contribution in [2.75, 3.05) is 14.2 Å². The largest absolute Gasteiger partial charge is 0.497 e. The van der Waals surface area contributed by atoms with E-state index in [0.29, 0.717) is 4.91 Å². The minimum Gasteiger partial charge on any atom is -0.497 e. The summed E-state index contributed by atoms with van der Waals surface area (Å²) in [5.41, 5.74) is 0. The van der Waals surface area contributed by atoms with Crippen LogP contribution in [0, 0.1) is 0 Å². The number of hydrogen-bond acceptors (Lipinski definition) is 4. The summed E-state index contributed by atoms with van der Waals surface area (Å²) in [5, 5.41) is 0. The molecule has 0 unspecified atom stereocenters. The lowest BCUT2D eigenvalue weighted by molar-refractivity contribution is -0.135. The van der Waals surface area contributed by atoms with Crippen LogP contribution in [0.4, 0.5) is 0 Å². The molecule has 17 heavy (non-hydrogen) atoms. The Morgan fingerprint density at radius 2 is 1.82 bits per heavy atom. The zero-order chi connectivity index (χ0) is 12.4. The molecule has 2 amide bonds. The first-order valence-corrected chi connectivity index (χ1v) is 5.79. The molecule has 0 atom stereocenters. The maximum absolute atomic E-state index is 11.6. The predicted octanol–water partition coefficient (Wildman–Crippen LogP) is 1.67. The number of thioether (sulfide) groups is 1. The van der Waals surface area contributed by atoms with Crippen LogP contribution in [0.1, 0.15) is 0 Å². The normalized spacial score (nSPS) is 15.2. The molecule has 0 aliphatic carbocycles. The summed E-state index contributed by atoms with van der Waals surface area (Å²) in [6.45, 7) is 0. The SMILES string of the molecule is COc1ccc(SC2=CC(=O)N(C)C2=O)cc1. The number of amides is 2. The molecule has 0 bridgehead atoms. The van der Waals surface area contributed by atoms with Crippen molar-refractivity contribution in [1.29, 1.82) is 0 Å². The van der Waals surface area contributed by atoms with E-state index in [-0.39, 0.29) is 11.8 Å². The number of hydrogen-bond donors (Lipinski definition) is 0. The van der Waals surface area contributed by atoms with Gasteiger partial charge in [-0.2, -0.15) is 0 Å². The van der Waals surface area contributed by atoms with Gasteiger partial charge in [0.25, 0.3) is 11.8 Å². The van der Waals surface area contributed by atoms with E-state index in [4.69, 9.17) is 4.74 Å². The highest BCUT2D eigenvalue weighted by Crippen LogP contribution is 2.31. The number of methoxy groups -OCH3 is 1. The molecule has 0 radical (unpaired) electrons. The van der Waals surface area contributed by atoms with E-state index >= 15 is 0 Å². The minimum atomic E-state index is -0.272. The summed E-state index contributed by atoms with van der Waals surface area (Å²) in [7, 11) is 3.07. The summed E-state index contributed by atoms with van der Waals surface area (Å²) >= 11 is 1.28. The molecule has 1 heterocycles. The highest BCUT2D eigenvalue weighted by atomic mass is 32.2. The minimum absolute atomic E-state index is 0.254. The van der Waals surface area contributed by atoms with Gasteiger partial charge in [-0.15, -0.1) is 0 Å². The second-order valence-electron chi connectivity index (χ2n) is 3.49. The molecule has 1 aromatic carbocycles. The molecule has 0 N–H and O–H groups in total. The maximum atomic E-state index is 11.6. The lowest BCUT2D eigenvalue weighted by Crippen LogP contribution is -2.25. The Kier molecular flexibility index (Phi) is 3.19. The molecule has 0 fully saturated rings. The van der Waals surface area contributed by atoms with Crippen molar-refractivity contribution in [2.45, 2.75) is 4.90 Å². The number of likely N-dealkylation sites (N-methyl/N-ethyl adjacent to an activating group) is 1. The third-order valence-corrected chi connectivity index (χ3v) is 3.41. The third kappa shape index (κ3) is 2.34. The first-order chi connectivity index (χ1) is 8.11. The number of carbonyl (C=O) groups excluding carboxylic acids is 2. The van der Waals surface area contributed by atoms with Crippen molar-refractivity contribution < 1.29 is 14.3 Å². The zero-order valence-electron chi connectivity index (χ0n) is 9.47. The summed E-state index contributed by atoms with van der Waals surface area (Å²) in [6, 6.07) is 7.32. The van der Waals surface area contributed by atoms with Gasteiger partial charge in [-0.05, 0) is 24.3 Å². The van der Waals surface area contributed by atoms with E-state index in [2.05, 4.69) is 0 Å². The Balaban J connectivity index is 2.14. The molecule has 4 nitrogen and oxygen atoms in total. The van der Waals surface area contributed by atoms with Crippen LogP contribution in [0.3, 0.4) is 0 Å². The van der Waals surface area contributed by atoms with Crippen molar-refractivity contribution in [3.63, 3.8) is 0 Å². The van der Waals surface area contributed by atoms with E-state index in [1.165, 1.54) is 24.9 Å². The van der Waals surface area contributed by atoms with Crippen molar-refractivity contribution in [3.8, 4) is 5.75 Å². The average Bonchev–Trinajstić information content (AvgIpc) is 2.58. The van der Waals surface area contributed by atoms with Gasteiger partial charge in [0, 0.05) is 18.0 Å². The van der Waals surface area contributed by atoms with Gasteiger partial charge in [0.1, 0.15) is 5.75 Å². The monoisotopic (exact) mass is 249 g/mol. The van der Waals surface area contributed by atoms with Crippen molar-refractivity contribution in [3.05, 3.63) is 35.2 Å². The first-order valence-electron chi connectivity index (χ1n) is 4.97. The molecule has 1 aliphatic heterocycles. The summed E-state index contributed by atoms with van der Waals surface area (Å²) < 4.78 is 5.04. The van der Waals surface area contributed by atoms with Crippen LogP contribution in [-0.2, 0) is 9.59 Å². The smallest absolute Gasteiger partial charge is 0.267 e. The van der Waals surface area contributed by atoms with Gasteiger partial charge in [0.05, 0.1) is 12.0 Å². The molecule has 88 valence electrons. The van der Waals surface area contributed by atoms with E-state index in [9.17, 15) is 9.59 Å². The second-order valence-corrected chi connectivity index (χ2v) is 4.60. The predicted molar refractivity (Wildman–Crippen MR) is 64.7 cm³/mol. The van der Waals surface area contributed by atoms with E-state index in [1.54, 1.807) is 7.11 Å². The molecule has 1 aromatic rings. The Labute approximate surface area is 103 Å². The maximum Gasteiger partial charge on any atom is 0.267 e. The summed E-state index contributed by atoms with van der Waals surface area (Å²) in [5.74, 6) is 0.233. The van der Waals surface area contributed by atoms with Gasteiger partial charge in [0.15, 0.2) is 0 Å². The molecule has 0 aromatic heterocycles. The Hall–Kier alpha value is -1.75. The summed E-state index contributed by atoms with van der Waals surface area (Å²) in [4.78, 5) is 25.4. The van der Waals surface area contributed by atoms with Crippen molar-refractivity contribution >= 4 is 23.6 Å². The second kappa shape index (κ2) is 4.63. The van der Waals surface area contributed by atoms with Crippen LogP contribution in [-0.4, -0.2) is 30.9 Å². The number of imide groups is 1. The van der Waals surface area contributed by atoms with Crippen LogP contribution in [0.25, 0.3) is 0 Å². The number of carbonyl (C=O) groups is 2. The molecule has 0 saturated carbocycles. The van der Waals surface area contributed by atoms with Crippen molar-refractivity contribution in [2.24, 2.45) is 0 Å². The third-order valence-electron chi connectivity index (χ3n) is 2.39. The number of benzene rings is 1. The number of ether oxygens (including phenoxy) is 1. The first kappa shape index (κ1) is 11.7. The van der Waals surface area contributed by atoms with Crippen LogP contribution >= 0.6 is 11.8 Å². The lowest BCUT2D eigenvalue weighted by atomic mass is 10.3. The molecular weight excluding hydrogens is 238 g/mol. The van der Waals surface area contributed by atoms with Gasteiger partial charge in [0.2, 0.25) is 0 Å². The molecule has 2 rings (SSSR count). The zero-order valence-corrected chi connectivity index (χ0v) is 10.3. The van der Waals surface area contributed by atoms with Gasteiger partial charge in [-0.1, -0.05) is 11.8 Å². The molecule has 1 aliphatic rings. The average molecular weight is 249 g/mol. The van der Waals surface area contributed by atoms with E-state index < -0.39 is 0 Å². The van der Waals surface area contributed by atoms with Gasteiger partial charge < -0.3 is 4.74 Å². The topological polar surface area (TPSA) is 46.6 Å². The molecule has 5 heteroatoms. The number of rotatable bonds is 3. The van der Waals surface area contributed by atoms with Crippen LogP contribution < -0.4 is 4.74 Å². The van der Waals surface area contributed by atoms with Crippen LogP contribution in [0.15, 0.2) is 40.1 Å². The van der Waals surface area contributed by atoms with Crippen LogP contribution in [0.2, 0.25) is 0 Å².